The van der Waals surface area contributed by atoms with Crippen LogP contribution in [0.4, 0.5) is 0 Å². The van der Waals surface area contributed by atoms with Crippen molar-refractivity contribution in [1.82, 2.24) is 0 Å². The maximum absolute atomic E-state index is 5.64. The summed E-state index contributed by atoms with van der Waals surface area (Å²) >= 11 is 0. The predicted molar refractivity (Wildman–Crippen MR) is 68.2 cm³/mol. The van der Waals surface area contributed by atoms with Crippen molar-refractivity contribution in [2.75, 3.05) is 13.2 Å². The minimum Gasteiger partial charge on any atom is -0.377 e. The lowest BCUT2D eigenvalue weighted by Gasteiger charge is -2.10. The molecule has 0 bridgehead atoms. The van der Waals surface area contributed by atoms with Gasteiger partial charge in [0.05, 0.1) is 6.61 Å². The van der Waals surface area contributed by atoms with E-state index in [-0.39, 0.29) is 0 Å². The van der Waals surface area contributed by atoms with Crippen LogP contribution in [0.3, 0.4) is 0 Å². The first-order valence-corrected chi connectivity index (χ1v) is 6.14. The summed E-state index contributed by atoms with van der Waals surface area (Å²) in [5.41, 5.74) is 6.72. The zero-order valence-corrected chi connectivity index (χ0v) is 10.2. The molecule has 2 N–H and O–H groups in total. The molecule has 2 nitrogen and oxygen atoms in total. The average Bonchev–Trinajstić information content (AvgIpc) is 2.33. The van der Waals surface area contributed by atoms with Crippen molar-refractivity contribution >= 4 is 0 Å². The molecule has 0 saturated carbocycles. The molecular weight excluding hydrogens is 198 g/mol. The van der Waals surface area contributed by atoms with E-state index in [9.17, 15) is 0 Å². The van der Waals surface area contributed by atoms with Crippen molar-refractivity contribution in [2.45, 2.75) is 32.8 Å². The van der Waals surface area contributed by atoms with E-state index in [0.29, 0.717) is 0 Å². The molecule has 0 saturated heterocycles. The standard InChI is InChI=1S/C14H23NO/c1-13(6-5-10-15)9-11-16-12-14-7-3-2-4-8-14/h2-4,7-8,13H,5-6,9-12,15H2,1H3. The molecular formula is C14H23NO. The van der Waals surface area contributed by atoms with Crippen molar-refractivity contribution in [1.29, 1.82) is 0 Å². The predicted octanol–water partition coefficient (Wildman–Crippen LogP) is 2.97. The highest BCUT2D eigenvalue weighted by Gasteiger charge is 2.01. The Morgan fingerprint density at radius 1 is 1.19 bits per heavy atom. The summed E-state index contributed by atoms with van der Waals surface area (Å²) < 4.78 is 5.64. The van der Waals surface area contributed by atoms with Gasteiger partial charge in [0.1, 0.15) is 0 Å². The molecule has 0 aromatic heterocycles. The highest BCUT2D eigenvalue weighted by molar-refractivity contribution is 5.13. The van der Waals surface area contributed by atoms with Gasteiger partial charge in [0.25, 0.3) is 0 Å². The van der Waals surface area contributed by atoms with Crippen molar-refractivity contribution in [3.05, 3.63) is 35.9 Å². The molecule has 0 heterocycles. The Hall–Kier alpha value is -0.860. The number of rotatable bonds is 8. The van der Waals surface area contributed by atoms with Crippen molar-refractivity contribution in [3.63, 3.8) is 0 Å². The number of benzene rings is 1. The largest absolute Gasteiger partial charge is 0.377 e. The fraction of sp³-hybridized carbons (Fsp3) is 0.571. The third-order valence-corrected chi connectivity index (χ3v) is 2.77. The molecule has 2 heteroatoms. The molecule has 1 unspecified atom stereocenters. The maximum Gasteiger partial charge on any atom is 0.0716 e. The van der Waals surface area contributed by atoms with Crippen molar-refractivity contribution in [3.8, 4) is 0 Å². The second-order valence-electron chi connectivity index (χ2n) is 4.36. The Morgan fingerprint density at radius 2 is 1.94 bits per heavy atom. The summed E-state index contributed by atoms with van der Waals surface area (Å²) in [6, 6.07) is 10.3. The highest BCUT2D eigenvalue weighted by atomic mass is 16.5. The summed E-state index contributed by atoms with van der Waals surface area (Å²) in [6.07, 6.45) is 3.47. The molecule has 1 aromatic carbocycles. The van der Waals surface area contributed by atoms with Crippen LogP contribution in [0.2, 0.25) is 0 Å². The quantitative estimate of drug-likeness (QED) is 0.685. The van der Waals surface area contributed by atoms with Crippen LogP contribution in [0.5, 0.6) is 0 Å². The third-order valence-electron chi connectivity index (χ3n) is 2.77. The SMILES string of the molecule is CC(CCCN)CCOCc1ccccc1. The molecule has 0 aliphatic heterocycles. The van der Waals surface area contributed by atoms with Crippen LogP contribution in [0.15, 0.2) is 30.3 Å². The average molecular weight is 221 g/mol. The Balaban J connectivity index is 2.03. The Bertz CT molecular complexity index is 261. The molecule has 0 radical (unpaired) electrons. The van der Waals surface area contributed by atoms with Gasteiger partial charge in [-0.3, -0.25) is 0 Å². The molecule has 0 aliphatic rings. The van der Waals surface area contributed by atoms with Gasteiger partial charge in [-0.1, -0.05) is 37.3 Å². The fourth-order valence-electron chi connectivity index (χ4n) is 1.66. The number of nitrogens with two attached hydrogens (primary N) is 1. The number of ether oxygens (including phenoxy) is 1. The van der Waals surface area contributed by atoms with Crippen LogP contribution >= 0.6 is 0 Å². The van der Waals surface area contributed by atoms with Gasteiger partial charge in [-0.25, -0.2) is 0 Å². The summed E-state index contributed by atoms with van der Waals surface area (Å²) in [5.74, 6) is 0.722. The lowest BCUT2D eigenvalue weighted by atomic mass is 10.0. The van der Waals surface area contributed by atoms with Crippen LogP contribution < -0.4 is 5.73 Å². The molecule has 1 aromatic rings. The van der Waals surface area contributed by atoms with Gasteiger partial charge in [0, 0.05) is 6.61 Å². The van der Waals surface area contributed by atoms with Gasteiger partial charge in [-0.15, -0.1) is 0 Å². The van der Waals surface area contributed by atoms with Crippen LogP contribution in [-0.2, 0) is 11.3 Å². The van der Waals surface area contributed by atoms with Crippen LogP contribution in [0.25, 0.3) is 0 Å². The Labute approximate surface area is 98.8 Å². The van der Waals surface area contributed by atoms with Gasteiger partial charge in [-0.05, 0) is 37.3 Å². The molecule has 1 atom stereocenters. The van der Waals surface area contributed by atoms with Crippen LogP contribution in [-0.4, -0.2) is 13.2 Å². The molecule has 90 valence electrons. The first kappa shape index (κ1) is 13.2. The van der Waals surface area contributed by atoms with Gasteiger partial charge < -0.3 is 10.5 Å². The first-order chi connectivity index (χ1) is 7.83. The molecule has 0 fully saturated rings. The monoisotopic (exact) mass is 221 g/mol. The maximum atomic E-state index is 5.64. The summed E-state index contributed by atoms with van der Waals surface area (Å²) in [7, 11) is 0. The van der Waals surface area contributed by atoms with Crippen LogP contribution in [0.1, 0.15) is 31.7 Å². The van der Waals surface area contributed by atoms with E-state index in [2.05, 4.69) is 19.1 Å². The van der Waals surface area contributed by atoms with Gasteiger partial charge >= 0.3 is 0 Å². The second kappa shape index (κ2) is 8.31. The lowest BCUT2D eigenvalue weighted by Crippen LogP contribution is -2.05. The molecule has 0 spiro atoms. The van der Waals surface area contributed by atoms with E-state index in [0.717, 1.165) is 38.5 Å². The van der Waals surface area contributed by atoms with Crippen molar-refractivity contribution in [2.24, 2.45) is 11.7 Å². The smallest absolute Gasteiger partial charge is 0.0716 e. The van der Waals surface area contributed by atoms with Gasteiger partial charge in [0.15, 0.2) is 0 Å². The first-order valence-electron chi connectivity index (χ1n) is 6.14. The third kappa shape index (κ3) is 5.89. The number of hydrogen-bond acceptors (Lipinski definition) is 2. The summed E-state index contributed by atoms with van der Waals surface area (Å²) in [5, 5.41) is 0. The van der Waals surface area contributed by atoms with E-state index in [1.165, 1.54) is 12.0 Å². The second-order valence-corrected chi connectivity index (χ2v) is 4.36. The fourth-order valence-corrected chi connectivity index (χ4v) is 1.66. The van der Waals surface area contributed by atoms with Crippen LogP contribution in [0, 0.1) is 5.92 Å². The van der Waals surface area contributed by atoms with Crippen molar-refractivity contribution < 1.29 is 4.74 Å². The van der Waals surface area contributed by atoms with E-state index < -0.39 is 0 Å². The molecule has 0 amide bonds. The summed E-state index contributed by atoms with van der Waals surface area (Å²) in [4.78, 5) is 0. The summed E-state index contributed by atoms with van der Waals surface area (Å²) in [6.45, 7) is 4.64. The lowest BCUT2D eigenvalue weighted by molar-refractivity contribution is 0.108. The van der Waals surface area contributed by atoms with E-state index in [4.69, 9.17) is 10.5 Å². The molecule has 16 heavy (non-hydrogen) atoms. The van der Waals surface area contributed by atoms with Gasteiger partial charge in [-0.2, -0.15) is 0 Å². The van der Waals surface area contributed by atoms with E-state index >= 15 is 0 Å². The Morgan fingerprint density at radius 3 is 2.62 bits per heavy atom. The zero-order valence-electron chi connectivity index (χ0n) is 10.2. The number of hydrogen-bond donors (Lipinski definition) is 1. The Kier molecular flexibility index (Phi) is 6.86. The topological polar surface area (TPSA) is 35.2 Å². The minimum absolute atomic E-state index is 0.722. The molecule has 1 rings (SSSR count). The normalized spacial score (nSPS) is 12.6. The minimum atomic E-state index is 0.722. The zero-order chi connectivity index (χ0) is 11.6. The highest BCUT2D eigenvalue weighted by Crippen LogP contribution is 2.10. The van der Waals surface area contributed by atoms with Gasteiger partial charge in [0.2, 0.25) is 0 Å². The van der Waals surface area contributed by atoms with E-state index in [1.54, 1.807) is 0 Å². The molecule has 0 aliphatic carbocycles. The van der Waals surface area contributed by atoms with E-state index in [1.807, 2.05) is 18.2 Å².